The second-order valence-corrected chi connectivity index (χ2v) is 5.92. The van der Waals surface area contributed by atoms with Gasteiger partial charge in [0.1, 0.15) is 12.1 Å². The lowest BCUT2D eigenvalue weighted by Crippen LogP contribution is -2.00. The fraction of sp³-hybridized carbons (Fsp3) is 0.143. The summed E-state index contributed by atoms with van der Waals surface area (Å²) in [6, 6.07) is 5.72. The van der Waals surface area contributed by atoms with E-state index in [-0.39, 0.29) is 0 Å². The third kappa shape index (κ3) is 1.89. The van der Waals surface area contributed by atoms with Crippen LogP contribution in [0.5, 0.6) is 0 Å². The summed E-state index contributed by atoms with van der Waals surface area (Å²) >= 11 is 9.81. The Morgan fingerprint density at radius 2 is 2.00 bits per heavy atom. The average Bonchev–Trinajstić information content (AvgIpc) is 2.66. The van der Waals surface area contributed by atoms with Gasteiger partial charge in [-0.1, -0.05) is 27.5 Å². The number of anilines is 1. The summed E-state index contributed by atoms with van der Waals surface area (Å²) in [4.78, 5) is 8.44. The number of halogens is 2. The standard InChI is InChI=1S/C14H12BrClN4/c1-7-8(2)20(11-5-9(15)3-4-10(11)16)14-12(7)13(17)18-6-19-14/h3-6H,1-2H3,(H2,17,18,19). The Labute approximate surface area is 129 Å². The molecule has 102 valence electrons. The molecular weight excluding hydrogens is 340 g/mol. The molecule has 3 aromatic rings. The smallest absolute Gasteiger partial charge is 0.150 e. The number of aromatic nitrogens is 3. The number of nitrogen functional groups attached to an aromatic ring is 1. The summed E-state index contributed by atoms with van der Waals surface area (Å²) < 4.78 is 2.97. The van der Waals surface area contributed by atoms with Crippen LogP contribution in [0.4, 0.5) is 5.82 Å². The lowest BCUT2D eigenvalue weighted by atomic mass is 10.2. The van der Waals surface area contributed by atoms with Gasteiger partial charge in [-0.05, 0) is 37.6 Å². The number of rotatable bonds is 1. The predicted molar refractivity (Wildman–Crippen MR) is 85.5 cm³/mol. The van der Waals surface area contributed by atoms with Gasteiger partial charge in [-0.2, -0.15) is 0 Å². The maximum Gasteiger partial charge on any atom is 0.150 e. The first-order valence-corrected chi connectivity index (χ1v) is 7.21. The van der Waals surface area contributed by atoms with Gasteiger partial charge in [0.25, 0.3) is 0 Å². The molecule has 0 radical (unpaired) electrons. The van der Waals surface area contributed by atoms with Gasteiger partial charge in [0.05, 0.1) is 16.1 Å². The molecule has 2 N–H and O–H groups in total. The molecule has 6 heteroatoms. The normalized spacial score (nSPS) is 11.2. The molecule has 3 rings (SSSR count). The van der Waals surface area contributed by atoms with Crippen molar-refractivity contribution in [3.05, 3.63) is 45.3 Å². The minimum atomic E-state index is 0.487. The first kappa shape index (κ1) is 13.4. The summed E-state index contributed by atoms with van der Waals surface area (Å²) in [6.45, 7) is 4.04. The molecule has 0 atom stereocenters. The maximum absolute atomic E-state index is 6.34. The topological polar surface area (TPSA) is 56.7 Å². The van der Waals surface area contributed by atoms with Crippen molar-refractivity contribution >= 4 is 44.4 Å². The summed E-state index contributed by atoms with van der Waals surface area (Å²) in [5.74, 6) is 0.487. The molecule has 2 aromatic heterocycles. The quantitative estimate of drug-likeness (QED) is 0.720. The van der Waals surface area contributed by atoms with E-state index in [0.717, 1.165) is 32.5 Å². The highest BCUT2D eigenvalue weighted by atomic mass is 79.9. The van der Waals surface area contributed by atoms with Crippen molar-refractivity contribution in [1.82, 2.24) is 14.5 Å². The van der Waals surface area contributed by atoms with E-state index in [1.165, 1.54) is 6.33 Å². The fourth-order valence-corrected chi connectivity index (χ4v) is 2.93. The molecule has 1 aromatic carbocycles. The molecule has 0 aliphatic heterocycles. The molecule has 0 bridgehead atoms. The third-order valence-corrected chi connectivity index (χ3v) is 4.28. The molecule has 0 fully saturated rings. The van der Waals surface area contributed by atoms with Crippen molar-refractivity contribution in [2.45, 2.75) is 13.8 Å². The van der Waals surface area contributed by atoms with E-state index >= 15 is 0 Å². The van der Waals surface area contributed by atoms with Gasteiger partial charge < -0.3 is 5.73 Å². The fourth-order valence-electron chi connectivity index (χ4n) is 2.38. The van der Waals surface area contributed by atoms with Crippen LogP contribution in [-0.4, -0.2) is 14.5 Å². The van der Waals surface area contributed by atoms with Gasteiger partial charge in [0.2, 0.25) is 0 Å². The van der Waals surface area contributed by atoms with Crippen molar-refractivity contribution in [2.24, 2.45) is 0 Å². The van der Waals surface area contributed by atoms with Crippen LogP contribution in [0.25, 0.3) is 16.7 Å². The zero-order valence-electron chi connectivity index (χ0n) is 11.0. The largest absolute Gasteiger partial charge is 0.383 e. The van der Waals surface area contributed by atoms with Gasteiger partial charge >= 0.3 is 0 Å². The maximum atomic E-state index is 6.34. The van der Waals surface area contributed by atoms with E-state index in [2.05, 4.69) is 25.9 Å². The summed E-state index contributed by atoms with van der Waals surface area (Å²) in [5, 5.41) is 1.53. The van der Waals surface area contributed by atoms with Crippen LogP contribution >= 0.6 is 27.5 Å². The van der Waals surface area contributed by atoms with Gasteiger partial charge in [-0.3, -0.25) is 4.57 Å². The Balaban J connectivity index is 2.46. The Morgan fingerprint density at radius 1 is 1.25 bits per heavy atom. The average molecular weight is 352 g/mol. The zero-order chi connectivity index (χ0) is 14.4. The van der Waals surface area contributed by atoms with E-state index in [1.807, 2.05) is 36.6 Å². The number of nitrogens with zero attached hydrogens (tertiary/aromatic N) is 3. The van der Waals surface area contributed by atoms with E-state index in [0.29, 0.717) is 10.8 Å². The predicted octanol–water partition coefficient (Wildman–Crippen LogP) is 4.04. The van der Waals surface area contributed by atoms with Crippen molar-refractivity contribution in [3.8, 4) is 5.69 Å². The number of hydrogen-bond donors (Lipinski definition) is 1. The van der Waals surface area contributed by atoms with Gasteiger partial charge in [0, 0.05) is 10.2 Å². The summed E-state index contributed by atoms with van der Waals surface area (Å²) in [5.41, 5.74) is 9.73. The molecule has 0 unspecified atom stereocenters. The minimum Gasteiger partial charge on any atom is -0.383 e. The Hall–Kier alpha value is -1.59. The van der Waals surface area contributed by atoms with Crippen molar-refractivity contribution < 1.29 is 0 Å². The van der Waals surface area contributed by atoms with Crippen LogP contribution in [0.15, 0.2) is 29.0 Å². The third-order valence-electron chi connectivity index (χ3n) is 3.47. The molecule has 0 aliphatic carbocycles. The zero-order valence-corrected chi connectivity index (χ0v) is 13.3. The molecule has 4 nitrogen and oxygen atoms in total. The number of aryl methyl sites for hydroxylation is 1. The van der Waals surface area contributed by atoms with E-state index in [1.54, 1.807) is 0 Å². The number of hydrogen-bond acceptors (Lipinski definition) is 3. The van der Waals surface area contributed by atoms with Crippen LogP contribution in [0.3, 0.4) is 0 Å². The van der Waals surface area contributed by atoms with Gasteiger partial charge in [0.15, 0.2) is 5.65 Å². The van der Waals surface area contributed by atoms with Gasteiger partial charge in [-0.25, -0.2) is 9.97 Å². The van der Waals surface area contributed by atoms with E-state index in [4.69, 9.17) is 17.3 Å². The molecule has 0 spiro atoms. The van der Waals surface area contributed by atoms with Crippen LogP contribution < -0.4 is 5.73 Å². The molecule has 0 saturated heterocycles. The summed E-state index contributed by atoms with van der Waals surface area (Å²) in [7, 11) is 0. The molecule has 0 aliphatic rings. The summed E-state index contributed by atoms with van der Waals surface area (Å²) in [6.07, 6.45) is 1.47. The monoisotopic (exact) mass is 350 g/mol. The minimum absolute atomic E-state index is 0.487. The first-order chi connectivity index (χ1) is 9.50. The number of benzene rings is 1. The second kappa shape index (κ2) is 4.75. The molecule has 0 amide bonds. The SMILES string of the molecule is Cc1c(C)n(-c2cc(Br)ccc2Cl)c2ncnc(N)c12. The number of nitrogens with two attached hydrogens (primary N) is 1. The Morgan fingerprint density at radius 3 is 2.75 bits per heavy atom. The van der Waals surface area contributed by atoms with E-state index < -0.39 is 0 Å². The molecule has 2 heterocycles. The molecular formula is C14H12BrClN4. The highest BCUT2D eigenvalue weighted by Gasteiger charge is 2.17. The highest BCUT2D eigenvalue weighted by molar-refractivity contribution is 9.10. The Kier molecular flexibility index (Phi) is 3.18. The van der Waals surface area contributed by atoms with Crippen molar-refractivity contribution in [1.29, 1.82) is 0 Å². The van der Waals surface area contributed by atoms with Crippen LogP contribution in [0, 0.1) is 13.8 Å². The van der Waals surface area contributed by atoms with Crippen LogP contribution in [-0.2, 0) is 0 Å². The van der Waals surface area contributed by atoms with E-state index in [9.17, 15) is 0 Å². The van der Waals surface area contributed by atoms with Gasteiger partial charge in [-0.15, -0.1) is 0 Å². The lowest BCUT2D eigenvalue weighted by Gasteiger charge is -2.10. The second-order valence-electron chi connectivity index (χ2n) is 4.60. The van der Waals surface area contributed by atoms with Crippen LogP contribution in [0.1, 0.15) is 11.3 Å². The Bertz CT molecular complexity index is 826. The van der Waals surface area contributed by atoms with Crippen molar-refractivity contribution in [3.63, 3.8) is 0 Å². The van der Waals surface area contributed by atoms with Crippen LogP contribution in [0.2, 0.25) is 5.02 Å². The molecule has 20 heavy (non-hydrogen) atoms. The molecule has 0 saturated carbocycles. The first-order valence-electron chi connectivity index (χ1n) is 6.04. The lowest BCUT2D eigenvalue weighted by molar-refractivity contribution is 1.01. The number of fused-ring (bicyclic) bond motifs is 1. The highest BCUT2D eigenvalue weighted by Crippen LogP contribution is 2.33. The van der Waals surface area contributed by atoms with Crippen molar-refractivity contribution in [2.75, 3.05) is 5.73 Å².